The minimum absolute atomic E-state index is 0.0213. The minimum Gasteiger partial charge on any atom is -0.423 e. The molecule has 0 radical (unpaired) electrons. The minimum atomic E-state index is -0.766. The topological polar surface area (TPSA) is 50.1 Å². The molecule has 1 unspecified atom stereocenters. The van der Waals surface area contributed by atoms with E-state index in [4.69, 9.17) is 10.00 Å². The summed E-state index contributed by atoms with van der Waals surface area (Å²) >= 11 is 0. The predicted octanol–water partition coefficient (Wildman–Crippen LogP) is 6.77. The van der Waals surface area contributed by atoms with Gasteiger partial charge in [0.2, 0.25) is 0 Å². The van der Waals surface area contributed by atoms with Crippen LogP contribution < -0.4 is 4.74 Å². The summed E-state index contributed by atoms with van der Waals surface area (Å²) in [5.41, 5.74) is 0.633. The highest BCUT2D eigenvalue weighted by Gasteiger charge is 2.36. The summed E-state index contributed by atoms with van der Waals surface area (Å²) in [5, 5.41) is 8.78. The number of ether oxygens (including phenoxy) is 1. The molecule has 0 saturated heterocycles. The lowest BCUT2D eigenvalue weighted by Gasteiger charge is -2.42. The molecule has 2 saturated carbocycles. The Hall–Kier alpha value is -2.74. The zero-order valence-electron chi connectivity index (χ0n) is 17.7. The van der Waals surface area contributed by atoms with E-state index in [1.54, 1.807) is 18.2 Å². The fourth-order valence-electron chi connectivity index (χ4n) is 5.44. The number of esters is 1. The number of halogens is 2. The molecule has 4 atom stereocenters. The van der Waals surface area contributed by atoms with E-state index in [1.807, 2.05) is 0 Å². The summed E-state index contributed by atoms with van der Waals surface area (Å²) in [6, 6.07) is 9.78. The van der Waals surface area contributed by atoms with Gasteiger partial charge in [0.1, 0.15) is 23.5 Å². The normalized spacial score (nSPS) is 25.4. The molecule has 0 spiro atoms. The number of hydrogen-bond acceptors (Lipinski definition) is 3. The third-order valence-corrected chi connectivity index (χ3v) is 7.25. The van der Waals surface area contributed by atoms with Gasteiger partial charge in [-0.2, -0.15) is 5.26 Å². The van der Waals surface area contributed by atoms with Crippen LogP contribution in [0.1, 0.15) is 79.3 Å². The number of benzene rings is 2. The van der Waals surface area contributed by atoms with Crippen molar-refractivity contribution >= 4 is 5.97 Å². The Morgan fingerprint density at radius 3 is 2.52 bits per heavy atom. The molecule has 31 heavy (non-hydrogen) atoms. The van der Waals surface area contributed by atoms with Gasteiger partial charge in [-0.3, -0.25) is 0 Å². The van der Waals surface area contributed by atoms with Crippen LogP contribution in [-0.2, 0) is 0 Å². The molecule has 0 amide bonds. The lowest BCUT2D eigenvalue weighted by atomic mass is 9.63. The van der Waals surface area contributed by atoms with E-state index < -0.39 is 11.8 Å². The van der Waals surface area contributed by atoms with Crippen molar-refractivity contribution in [3.05, 3.63) is 64.7 Å². The molecule has 2 aromatic carbocycles. The lowest BCUT2D eigenvalue weighted by molar-refractivity contribution is 0.0733. The molecular formula is C26H27F2NO2. The molecule has 3 nitrogen and oxygen atoms in total. The molecule has 0 heterocycles. The van der Waals surface area contributed by atoms with Crippen molar-refractivity contribution < 1.29 is 18.3 Å². The fourth-order valence-corrected chi connectivity index (χ4v) is 5.44. The second-order valence-electron chi connectivity index (χ2n) is 9.00. The first-order valence-corrected chi connectivity index (χ1v) is 11.2. The van der Waals surface area contributed by atoms with Crippen LogP contribution in [0.5, 0.6) is 5.75 Å². The monoisotopic (exact) mass is 423 g/mol. The summed E-state index contributed by atoms with van der Waals surface area (Å²) in [5.74, 6) is 0.575. The van der Waals surface area contributed by atoms with Crippen LogP contribution in [0.3, 0.4) is 0 Å². The van der Waals surface area contributed by atoms with Crippen molar-refractivity contribution in [2.75, 3.05) is 0 Å². The highest BCUT2D eigenvalue weighted by molar-refractivity contribution is 5.91. The van der Waals surface area contributed by atoms with Crippen LogP contribution in [-0.4, -0.2) is 5.97 Å². The van der Waals surface area contributed by atoms with Gasteiger partial charge in [-0.05, 0) is 85.6 Å². The first-order chi connectivity index (χ1) is 15.0. The van der Waals surface area contributed by atoms with Gasteiger partial charge in [-0.15, -0.1) is 0 Å². The fraction of sp³-hybridized carbons (Fsp3) is 0.462. The van der Waals surface area contributed by atoms with Crippen molar-refractivity contribution in [2.24, 2.45) is 17.8 Å². The number of fused-ring (bicyclic) bond motifs is 1. The van der Waals surface area contributed by atoms with Gasteiger partial charge in [-0.1, -0.05) is 25.8 Å². The predicted molar refractivity (Wildman–Crippen MR) is 114 cm³/mol. The number of hydrogen-bond donors (Lipinski definition) is 0. The summed E-state index contributed by atoms with van der Waals surface area (Å²) in [6.07, 6.45) is 8.26. The Balaban J connectivity index is 1.43. The van der Waals surface area contributed by atoms with E-state index in [9.17, 15) is 13.6 Å². The van der Waals surface area contributed by atoms with Gasteiger partial charge in [0.05, 0.1) is 11.1 Å². The van der Waals surface area contributed by atoms with Gasteiger partial charge in [-0.25, -0.2) is 13.6 Å². The summed E-state index contributed by atoms with van der Waals surface area (Å²) in [4.78, 5) is 12.4. The highest BCUT2D eigenvalue weighted by atomic mass is 19.1. The quantitative estimate of drug-likeness (QED) is 0.403. The number of carbonyl (C=O) groups excluding carboxylic acids is 1. The van der Waals surface area contributed by atoms with Crippen LogP contribution in [0.25, 0.3) is 0 Å². The van der Waals surface area contributed by atoms with Gasteiger partial charge in [0.15, 0.2) is 0 Å². The number of rotatable bonds is 4. The third kappa shape index (κ3) is 4.63. The average Bonchev–Trinajstić information content (AvgIpc) is 2.78. The van der Waals surface area contributed by atoms with Crippen LogP contribution in [0.2, 0.25) is 0 Å². The number of nitrogens with zero attached hydrogens (tertiary/aromatic N) is 1. The molecule has 2 aliphatic carbocycles. The van der Waals surface area contributed by atoms with Crippen LogP contribution >= 0.6 is 0 Å². The molecule has 0 N–H and O–H groups in total. The molecule has 0 aromatic heterocycles. The van der Waals surface area contributed by atoms with E-state index in [1.165, 1.54) is 43.9 Å². The average molecular weight is 424 g/mol. The standard InChI is InChI=1S/C26H27F2NO2/c1-2-16-3-4-18-12-19(6-5-17(18)11-16)23-10-8-20(13-25(23)28)26(30)31-22-9-7-21(15-29)24(27)14-22/h7-10,13-14,16-19H,2-6,11-12H2,1H3/t16-,17-,18+,19?/m0/s1. The van der Waals surface area contributed by atoms with Crippen LogP contribution in [0.4, 0.5) is 8.78 Å². The molecule has 4 rings (SSSR count). The molecular weight excluding hydrogens is 396 g/mol. The van der Waals surface area contributed by atoms with E-state index in [2.05, 4.69) is 6.92 Å². The van der Waals surface area contributed by atoms with Crippen LogP contribution in [0.15, 0.2) is 36.4 Å². The maximum atomic E-state index is 14.9. The van der Waals surface area contributed by atoms with Crippen molar-refractivity contribution in [2.45, 2.75) is 57.8 Å². The zero-order chi connectivity index (χ0) is 22.0. The SMILES string of the molecule is CC[C@H]1CC[C@@H]2CC(c3ccc(C(=O)Oc4ccc(C#N)c(F)c4)cc3F)CC[C@H]2C1. The lowest BCUT2D eigenvalue weighted by Crippen LogP contribution is -2.30. The van der Waals surface area contributed by atoms with E-state index in [0.29, 0.717) is 11.5 Å². The number of carbonyl (C=O) groups is 1. The van der Waals surface area contributed by atoms with Gasteiger partial charge in [0.25, 0.3) is 0 Å². The first kappa shape index (κ1) is 21.5. The summed E-state index contributed by atoms with van der Waals surface area (Å²) < 4.78 is 33.8. The smallest absolute Gasteiger partial charge is 0.343 e. The Labute approximate surface area is 182 Å². The summed E-state index contributed by atoms with van der Waals surface area (Å²) in [7, 11) is 0. The van der Waals surface area contributed by atoms with Crippen molar-refractivity contribution in [1.29, 1.82) is 5.26 Å². The largest absolute Gasteiger partial charge is 0.423 e. The molecule has 0 aliphatic heterocycles. The molecule has 5 heteroatoms. The van der Waals surface area contributed by atoms with E-state index in [-0.39, 0.29) is 28.6 Å². The second-order valence-corrected chi connectivity index (χ2v) is 9.00. The number of nitriles is 1. The van der Waals surface area contributed by atoms with E-state index in [0.717, 1.165) is 37.2 Å². The Morgan fingerprint density at radius 2 is 1.81 bits per heavy atom. The molecule has 2 aliphatic rings. The second kappa shape index (κ2) is 9.18. The van der Waals surface area contributed by atoms with Crippen molar-refractivity contribution in [3.8, 4) is 11.8 Å². The molecule has 162 valence electrons. The first-order valence-electron chi connectivity index (χ1n) is 11.2. The van der Waals surface area contributed by atoms with Gasteiger partial charge < -0.3 is 4.74 Å². The Bertz CT molecular complexity index is 1010. The van der Waals surface area contributed by atoms with Crippen LogP contribution in [0, 0.1) is 40.7 Å². The van der Waals surface area contributed by atoms with Gasteiger partial charge >= 0.3 is 5.97 Å². The van der Waals surface area contributed by atoms with E-state index >= 15 is 0 Å². The van der Waals surface area contributed by atoms with Crippen molar-refractivity contribution in [1.82, 2.24) is 0 Å². The van der Waals surface area contributed by atoms with Gasteiger partial charge in [0, 0.05) is 6.07 Å². The summed E-state index contributed by atoms with van der Waals surface area (Å²) in [6.45, 7) is 2.27. The molecule has 2 aromatic rings. The Kier molecular flexibility index (Phi) is 6.36. The highest BCUT2D eigenvalue weighted by Crippen LogP contribution is 2.48. The van der Waals surface area contributed by atoms with Crippen molar-refractivity contribution in [3.63, 3.8) is 0 Å². The molecule has 0 bridgehead atoms. The Morgan fingerprint density at radius 1 is 1.03 bits per heavy atom. The third-order valence-electron chi connectivity index (χ3n) is 7.25. The zero-order valence-corrected chi connectivity index (χ0v) is 17.7. The maximum absolute atomic E-state index is 14.9. The molecule has 2 fully saturated rings. The maximum Gasteiger partial charge on any atom is 0.343 e.